The number of amides is 1. The summed E-state index contributed by atoms with van der Waals surface area (Å²) in [5.74, 6) is 0.673. The highest BCUT2D eigenvalue weighted by Crippen LogP contribution is 2.24. The average Bonchev–Trinajstić information content (AvgIpc) is 3.23. The molecule has 1 aromatic carbocycles. The summed E-state index contributed by atoms with van der Waals surface area (Å²) in [6.45, 7) is 0.0985. The van der Waals surface area contributed by atoms with Crippen molar-refractivity contribution < 1.29 is 19.1 Å². The second-order valence-corrected chi connectivity index (χ2v) is 5.49. The molecule has 0 spiro atoms. The third kappa shape index (κ3) is 3.32. The molecule has 0 fully saturated rings. The zero-order valence-electron chi connectivity index (χ0n) is 12.1. The molecule has 2 N–H and O–H groups in total. The van der Waals surface area contributed by atoms with Crippen molar-refractivity contribution >= 4 is 17.2 Å². The van der Waals surface area contributed by atoms with Gasteiger partial charge in [0, 0.05) is 6.07 Å². The van der Waals surface area contributed by atoms with Crippen molar-refractivity contribution in [3.63, 3.8) is 0 Å². The number of methoxy groups -OCH3 is 1. The van der Waals surface area contributed by atoms with E-state index < -0.39 is 0 Å². The Balaban J connectivity index is 1.68. The zero-order chi connectivity index (χ0) is 16.2. The van der Waals surface area contributed by atoms with E-state index in [1.165, 1.54) is 36.6 Å². The van der Waals surface area contributed by atoms with Gasteiger partial charge in [0.2, 0.25) is 5.89 Å². The Bertz CT molecular complexity index is 814. The van der Waals surface area contributed by atoms with Crippen molar-refractivity contribution in [3.05, 3.63) is 47.2 Å². The molecule has 0 saturated heterocycles. The first kappa shape index (κ1) is 15.0. The minimum atomic E-state index is -0.363. The molecule has 3 rings (SSSR count). The molecular formula is C15H13N3O4S. The lowest BCUT2D eigenvalue weighted by Crippen LogP contribution is -2.23. The smallest absolute Gasteiger partial charge is 0.257 e. The van der Waals surface area contributed by atoms with Gasteiger partial charge in [-0.25, -0.2) is 0 Å². The zero-order valence-corrected chi connectivity index (χ0v) is 13.0. The van der Waals surface area contributed by atoms with E-state index in [0.29, 0.717) is 17.3 Å². The number of hydrogen-bond acceptors (Lipinski definition) is 7. The van der Waals surface area contributed by atoms with E-state index in [2.05, 4.69) is 15.5 Å². The highest BCUT2D eigenvalue weighted by Gasteiger charge is 2.15. The second-order valence-electron chi connectivity index (χ2n) is 4.55. The van der Waals surface area contributed by atoms with Crippen LogP contribution in [0, 0.1) is 0 Å². The highest BCUT2D eigenvalue weighted by molar-refractivity contribution is 7.13. The van der Waals surface area contributed by atoms with Gasteiger partial charge < -0.3 is 19.6 Å². The van der Waals surface area contributed by atoms with Gasteiger partial charge in [0.25, 0.3) is 11.8 Å². The number of carbonyl (C=O) groups is 1. The van der Waals surface area contributed by atoms with E-state index >= 15 is 0 Å². The minimum absolute atomic E-state index is 0.0240. The Morgan fingerprint density at radius 2 is 2.26 bits per heavy atom. The van der Waals surface area contributed by atoms with E-state index in [1.54, 1.807) is 0 Å². The number of nitrogens with one attached hydrogen (secondary N) is 1. The van der Waals surface area contributed by atoms with Crippen molar-refractivity contribution in [1.82, 2.24) is 15.5 Å². The van der Waals surface area contributed by atoms with Crippen LogP contribution >= 0.6 is 11.3 Å². The lowest BCUT2D eigenvalue weighted by atomic mass is 10.2. The predicted octanol–water partition coefficient (Wildman–Crippen LogP) is 2.44. The Kier molecular flexibility index (Phi) is 4.24. The number of phenolic OH excluding ortho intramolecular Hbond substituents is 1. The molecule has 0 aliphatic rings. The fourth-order valence-electron chi connectivity index (χ4n) is 1.94. The van der Waals surface area contributed by atoms with Crippen LogP contribution in [0.2, 0.25) is 0 Å². The number of rotatable bonds is 5. The Morgan fingerprint density at radius 1 is 1.39 bits per heavy atom. The van der Waals surface area contributed by atoms with Crippen molar-refractivity contribution in [1.29, 1.82) is 0 Å². The van der Waals surface area contributed by atoms with Crippen molar-refractivity contribution in [2.75, 3.05) is 7.11 Å². The van der Waals surface area contributed by atoms with Gasteiger partial charge in [0.15, 0.2) is 0 Å². The van der Waals surface area contributed by atoms with E-state index in [9.17, 15) is 9.90 Å². The maximum Gasteiger partial charge on any atom is 0.257 e. The van der Waals surface area contributed by atoms with Crippen molar-refractivity contribution in [2.45, 2.75) is 6.54 Å². The van der Waals surface area contributed by atoms with Gasteiger partial charge in [0.05, 0.1) is 24.1 Å². The van der Waals surface area contributed by atoms with Crippen LogP contribution in [-0.4, -0.2) is 28.3 Å². The van der Waals surface area contributed by atoms with Crippen LogP contribution in [0.15, 0.2) is 40.1 Å². The fourth-order valence-corrected chi connectivity index (χ4v) is 2.59. The number of benzene rings is 1. The summed E-state index contributed by atoms with van der Waals surface area (Å²) in [5.41, 5.74) is 0.309. The van der Waals surface area contributed by atoms with E-state index in [4.69, 9.17) is 9.15 Å². The largest absolute Gasteiger partial charge is 0.508 e. The maximum absolute atomic E-state index is 12.2. The SMILES string of the molecule is COc1cc(O)ccc1C(=O)NCc1nnc(-c2cccs2)o1. The lowest BCUT2D eigenvalue weighted by molar-refractivity contribution is 0.0944. The number of aromatic hydroxyl groups is 1. The number of phenols is 1. The molecule has 0 aliphatic carbocycles. The number of carbonyl (C=O) groups excluding carboxylic acids is 1. The molecule has 0 radical (unpaired) electrons. The van der Waals surface area contributed by atoms with Gasteiger partial charge in [-0.15, -0.1) is 21.5 Å². The summed E-state index contributed by atoms with van der Waals surface area (Å²) in [7, 11) is 1.43. The summed E-state index contributed by atoms with van der Waals surface area (Å²) in [5, 5.41) is 21.8. The molecule has 0 unspecified atom stereocenters. The van der Waals surface area contributed by atoms with Crippen LogP contribution < -0.4 is 10.1 Å². The van der Waals surface area contributed by atoms with Gasteiger partial charge in [-0.1, -0.05) is 6.07 Å². The predicted molar refractivity (Wildman–Crippen MR) is 83.4 cm³/mol. The summed E-state index contributed by atoms with van der Waals surface area (Å²) in [6.07, 6.45) is 0. The molecule has 2 aromatic heterocycles. The first-order valence-electron chi connectivity index (χ1n) is 6.69. The molecule has 0 bridgehead atoms. The quantitative estimate of drug-likeness (QED) is 0.745. The van der Waals surface area contributed by atoms with E-state index in [-0.39, 0.29) is 24.0 Å². The Morgan fingerprint density at radius 3 is 3.00 bits per heavy atom. The van der Waals surface area contributed by atoms with Crippen LogP contribution in [0.5, 0.6) is 11.5 Å². The van der Waals surface area contributed by atoms with Crippen molar-refractivity contribution in [2.24, 2.45) is 0 Å². The summed E-state index contributed by atoms with van der Waals surface area (Å²) >= 11 is 1.49. The maximum atomic E-state index is 12.2. The molecule has 8 heteroatoms. The number of thiophene rings is 1. The van der Waals surface area contributed by atoms with Crippen LogP contribution in [0.1, 0.15) is 16.2 Å². The van der Waals surface area contributed by atoms with Crippen LogP contribution in [0.3, 0.4) is 0 Å². The van der Waals surface area contributed by atoms with Gasteiger partial charge in [-0.3, -0.25) is 4.79 Å². The number of ether oxygens (including phenoxy) is 1. The van der Waals surface area contributed by atoms with Gasteiger partial charge in [-0.05, 0) is 23.6 Å². The lowest BCUT2D eigenvalue weighted by Gasteiger charge is -2.08. The first-order chi connectivity index (χ1) is 11.2. The molecular weight excluding hydrogens is 318 g/mol. The Hall–Kier alpha value is -2.87. The molecule has 23 heavy (non-hydrogen) atoms. The third-order valence-corrected chi connectivity index (χ3v) is 3.89. The normalized spacial score (nSPS) is 10.5. The minimum Gasteiger partial charge on any atom is -0.508 e. The van der Waals surface area contributed by atoms with E-state index in [0.717, 1.165) is 4.88 Å². The average molecular weight is 331 g/mol. The Labute approximate surface area is 135 Å². The van der Waals surface area contributed by atoms with Crippen LogP contribution in [0.4, 0.5) is 0 Å². The highest BCUT2D eigenvalue weighted by atomic mass is 32.1. The molecule has 7 nitrogen and oxygen atoms in total. The number of aromatic nitrogens is 2. The number of hydrogen-bond donors (Lipinski definition) is 2. The molecule has 1 amide bonds. The van der Waals surface area contributed by atoms with Gasteiger partial charge in [-0.2, -0.15) is 0 Å². The van der Waals surface area contributed by atoms with Crippen LogP contribution in [0.25, 0.3) is 10.8 Å². The third-order valence-electron chi connectivity index (χ3n) is 3.03. The van der Waals surface area contributed by atoms with Crippen molar-refractivity contribution in [3.8, 4) is 22.3 Å². The van der Waals surface area contributed by atoms with Crippen LogP contribution in [-0.2, 0) is 6.54 Å². The molecule has 118 valence electrons. The van der Waals surface area contributed by atoms with Gasteiger partial charge in [0.1, 0.15) is 11.5 Å². The molecule has 0 saturated carbocycles. The second kappa shape index (κ2) is 6.49. The summed E-state index contributed by atoms with van der Waals surface area (Å²) in [4.78, 5) is 13.1. The topological polar surface area (TPSA) is 97.5 Å². The van der Waals surface area contributed by atoms with Gasteiger partial charge >= 0.3 is 0 Å². The fraction of sp³-hybridized carbons (Fsp3) is 0.133. The molecule has 0 atom stereocenters. The summed E-state index contributed by atoms with van der Waals surface area (Å²) < 4.78 is 10.6. The monoisotopic (exact) mass is 331 g/mol. The number of nitrogens with zero attached hydrogens (tertiary/aromatic N) is 2. The van der Waals surface area contributed by atoms with E-state index in [1.807, 2.05) is 17.5 Å². The standard InChI is InChI=1S/C15H13N3O4S/c1-21-11-7-9(19)4-5-10(11)14(20)16-8-13-17-18-15(22-13)12-3-2-6-23-12/h2-7,19H,8H2,1H3,(H,16,20). The molecule has 2 heterocycles. The molecule has 0 aliphatic heterocycles. The first-order valence-corrected chi connectivity index (χ1v) is 7.57. The summed E-state index contributed by atoms with van der Waals surface area (Å²) in [6, 6.07) is 8.04. The molecule has 3 aromatic rings.